The maximum atomic E-state index is 12.1. The van der Waals surface area contributed by atoms with Crippen LogP contribution < -0.4 is 16.0 Å². The Labute approximate surface area is 209 Å². The van der Waals surface area contributed by atoms with Crippen molar-refractivity contribution < 1.29 is 14.6 Å². The van der Waals surface area contributed by atoms with Gasteiger partial charge in [0, 0.05) is 44.3 Å². The number of anilines is 1. The third-order valence-corrected chi connectivity index (χ3v) is 5.32. The van der Waals surface area contributed by atoms with E-state index >= 15 is 0 Å². The molecule has 0 spiro atoms. The molecule has 2 atom stereocenters. The number of amides is 1. The number of nitrogens with zero attached hydrogens (tertiary/aromatic N) is 2. The molecule has 8 nitrogen and oxygen atoms in total. The largest absolute Gasteiger partial charge is 0.387 e. The number of hydrogen-bond donors (Lipinski definition) is 4. The van der Waals surface area contributed by atoms with Crippen LogP contribution in [0.25, 0.3) is 0 Å². The number of halogens is 1. The first kappa shape index (κ1) is 28.6. The summed E-state index contributed by atoms with van der Waals surface area (Å²) < 4.78 is 5.37. The zero-order valence-electron chi connectivity index (χ0n) is 19.8. The Morgan fingerprint density at radius 1 is 1.28 bits per heavy atom. The molecule has 1 aliphatic rings. The summed E-state index contributed by atoms with van der Waals surface area (Å²) in [5.74, 6) is 0.663. The number of rotatable bonds is 10. The zero-order valence-corrected chi connectivity index (χ0v) is 22.1. The number of carbonyl (C=O) groups excluding carboxylic acids is 1. The number of ether oxygens (including phenoxy) is 1. The topological polar surface area (TPSA) is 98.2 Å². The van der Waals surface area contributed by atoms with Crippen molar-refractivity contribution in [3.63, 3.8) is 0 Å². The highest BCUT2D eigenvalue weighted by Crippen LogP contribution is 2.14. The Kier molecular flexibility index (Phi) is 13.1. The van der Waals surface area contributed by atoms with Gasteiger partial charge in [0.15, 0.2) is 5.96 Å². The number of β-amino-alcohol motifs (C(OH)–C–C–N with tert-alkyl or cyclic N) is 1. The van der Waals surface area contributed by atoms with Gasteiger partial charge in [0.05, 0.1) is 25.4 Å². The third-order valence-electron chi connectivity index (χ3n) is 5.32. The summed E-state index contributed by atoms with van der Waals surface area (Å²) in [5.41, 5.74) is 0.900. The first-order valence-corrected chi connectivity index (χ1v) is 11.3. The van der Waals surface area contributed by atoms with Crippen molar-refractivity contribution in [1.82, 2.24) is 15.5 Å². The van der Waals surface area contributed by atoms with E-state index in [1.54, 1.807) is 0 Å². The van der Waals surface area contributed by atoms with Gasteiger partial charge < -0.3 is 25.8 Å². The number of hydrogen-bond acceptors (Lipinski definition) is 5. The lowest BCUT2D eigenvalue weighted by Gasteiger charge is -2.34. The predicted octanol–water partition coefficient (Wildman–Crippen LogP) is 2.43. The van der Waals surface area contributed by atoms with Crippen molar-refractivity contribution in [2.75, 3.05) is 51.3 Å². The van der Waals surface area contributed by atoms with Crippen molar-refractivity contribution in [1.29, 1.82) is 0 Å². The van der Waals surface area contributed by atoms with E-state index in [0.717, 1.165) is 37.3 Å². The van der Waals surface area contributed by atoms with Crippen LogP contribution in [-0.4, -0.2) is 73.4 Å². The Morgan fingerprint density at radius 2 is 2.00 bits per heavy atom. The van der Waals surface area contributed by atoms with Gasteiger partial charge in [-0.2, -0.15) is 0 Å². The number of aliphatic imine (C=N–C) groups is 1. The van der Waals surface area contributed by atoms with Crippen molar-refractivity contribution in [3.8, 4) is 0 Å². The highest BCUT2D eigenvalue weighted by atomic mass is 127. The first-order valence-electron chi connectivity index (χ1n) is 11.3. The quantitative estimate of drug-likeness (QED) is 0.199. The maximum Gasteiger partial charge on any atom is 0.227 e. The average molecular weight is 562 g/mol. The van der Waals surface area contributed by atoms with E-state index in [4.69, 9.17) is 4.74 Å². The Balaban J connectivity index is 0.00000512. The molecule has 1 fully saturated rings. The molecule has 1 saturated heterocycles. The second-order valence-electron chi connectivity index (χ2n) is 8.43. The molecule has 1 aliphatic heterocycles. The van der Waals surface area contributed by atoms with Crippen LogP contribution in [-0.2, 0) is 16.1 Å². The van der Waals surface area contributed by atoms with E-state index in [1.807, 2.05) is 52.0 Å². The second-order valence-corrected chi connectivity index (χ2v) is 8.43. The minimum absolute atomic E-state index is 0. The van der Waals surface area contributed by atoms with Gasteiger partial charge in [0.2, 0.25) is 5.91 Å². The van der Waals surface area contributed by atoms with E-state index in [9.17, 15) is 9.90 Å². The summed E-state index contributed by atoms with van der Waals surface area (Å²) in [5, 5.41) is 20.2. The zero-order chi connectivity index (χ0) is 22.7. The smallest absolute Gasteiger partial charge is 0.227 e. The molecule has 1 heterocycles. The summed E-state index contributed by atoms with van der Waals surface area (Å²) in [4.78, 5) is 19.0. The molecule has 1 amide bonds. The van der Waals surface area contributed by atoms with Gasteiger partial charge in [-0.05, 0) is 38.0 Å². The fourth-order valence-corrected chi connectivity index (χ4v) is 3.28. The van der Waals surface area contributed by atoms with Gasteiger partial charge in [0.25, 0.3) is 0 Å². The van der Waals surface area contributed by atoms with E-state index < -0.39 is 5.60 Å². The summed E-state index contributed by atoms with van der Waals surface area (Å²) in [6.45, 7) is 13.0. The Morgan fingerprint density at radius 3 is 2.66 bits per heavy atom. The fraction of sp³-hybridized carbons (Fsp3) is 0.652. The molecule has 0 aliphatic carbocycles. The number of carbonyl (C=O) groups is 1. The van der Waals surface area contributed by atoms with Crippen LogP contribution in [0.3, 0.4) is 0 Å². The number of morpholine rings is 1. The number of nitrogens with one attached hydrogen (secondary N) is 3. The number of guanidine groups is 1. The highest BCUT2D eigenvalue weighted by molar-refractivity contribution is 14.0. The van der Waals surface area contributed by atoms with Crippen LogP contribution in [0.1, 0.15) is 39.7 Å². The molecular weight excluding hydrogens is 521 g/mol. The van der Waals surface area contributed by atoms with E-state index in [0.29, 0.717) is 38.8 Å². The van der Waals surface area contributed by atoms with Crippen LogP contribution in [0.4, 0.5) is 5.69 Å². The van der Waals surface area contributed by atoms with Crippen LogP contribution in [0.5, 0.6) is 0 Å². The predicted molar refractivity (Wildman–Crippen MR) is 141 cm³/mol. The molecule has 32 heavy (non-hydrogen) atoms. The lowest BCUT2D eigenvalue weighted by Crippen LogP contribution is -2.52. The van der Waals surface area contributed by atoms with Gasteiger partial charge in [-0.1, -0.05) is 26.0 Å². The lowest BCUT2D eigenvalue weighted by molar-refractivity contribution is -0.119. The molecule has 4 N–H and O–H groups in total. The minimum atomic E-state index is -0.881. The third kappa shape index (κ3) is 10.5. The van der Waals surface area contributed by atoms with Crippen LogP contribution >= 0.6 is 24.0 Å². The minimum Gasteiger partial charge on any atom is -0.387 e. The Hall–Kier alpha value is -1.43. The van der Waals surface area contributed by atoms with Crippen LogP contribution in [0.2, 0.25) is 0 Å². The first-order chi connectivity index (χ1) is 14.8. The molecule has 0 radical (unpaired) electrons. The Bertz CT molecular complexity index is 723. The monoisotopic (exact) mass is 561 g/mol. The molecule has 0 saturated carbocycles. The molecule has 0 bridgehead atoms. The average Bonchev–Trinajstić information content (AvgIpc) is 2.75. The summed E-state index contributed by atoms with van der Waals surface area (Å²) >= 11 is 0. The van der Waals surface area contributed by atoms with Gasteiger partial charge in [-0.15, -0.1) is 24.0 Å². The van der Waals surface area contributed by atoms with E-state index in [2.05, 4.69) is 25.8 Å². The standard InChI is InChI=1S/C23H39N5O3.HI/c1-5-18(3)21(29)27-20-9-7-8-19(14-20)15-25-22(24-6-2)26-16-23(4,30)17-28-10-12-31-13-11-28;/h7-9,14,18,30H,5-6,10-13,15-17H2,1-4H3,(H,27,29)(H2,24,25,26);1H. The van der Waals surface area contributed by atoms with Gasteiger partial charge >= 0.3 is 0 Å². The molecule has 0 aromatic heterocycles. The highest BCUT2D eigenvalue weighted by Gasteiger charge is 2.25. The van der Waals surface area contributed by atoms with Gasteiger partial charge in [-0.25, -0.2) is 4.99 Å². The molecule has 1 aromatic carbocycles. The van der Waals surface area contributed by atoms with Crippen LogP contribution in [0.15, 0.2) is 29.3 Å². The maximum absolute atomic E-state index is 12.1. The molecule has 2 unspecified atom stereocenters. The SMILES string of the molecule is CCNC(=NCc1cccc(NC(=O)C(C)CC)c1)NCC(C)(O)CN1CCOCC1.I. The molecule has 9 heteroatoms. The van der Waals surface area contributed by atoms with E-state index in [-0.39, 0.29) is 35.8 Å². The number of aliphatic hydroxyl groups is 1. The molecular formula is C23H40IN5O3. The van der Waals surface area contributed by atoms with E-state index in [1.165, 1.54) is 0 Å². The fourth-order valence-electron chi connectivity index (χ4n) is 3.28. The molecule has 182 valence electrons. The second kappa shape index (κ2) is 14.7. The summed E-state index contributed by atoms with van der Waals surface area (Å²) in [6.07, 6.45) is 0.808. The van der Waals surface area contributed by atoms with Crippen LogP contribution in [0, 0.1) is 5.92 Å². The van der Waals surface area contributed by atoms with Crippen molar-refractivity contribution in [2.24, 2.45) is 10.9 Å². The van der Waals surface area contributed by atoms with Gasteiger partial charge in [0.1, 0.15) is 0 Å². The normalized spacial score (nSPS) is 17.6. The summed E-state index contributed by atoms with van der Waals surface area (Å²) in [7, 11) is 0. The van der Waals surface area contributed by atoms with Crippen molar-refractivity contribution in [3.05, 3.63) is 29.8 Å². The lowest BCUT2D eigenvalue weighted by atomic mass is 10.1. The molecule has 1 aromatic rings. The number of benzene rings is 1. The summed E-state index contributed by atoms with van der Waals surface area (Å²) in [6, 6.07) is 7.74. The van der Waals surface area contributed by atoms with Crippen molar-refractivity contribution >= 4 is 41.5 Å². The molecule has 2 rings (SSSR count). The van der Waals surface area contributed by atoms with Crippen molar-refractivity contribution in [2.45, 2.75) is 46.3 Å². The van der Waals surface area contributed by atoms with Gasteiger partial charge in [-0.3, -0.25) is 9.69 Å².